The third-order valence-electron chi connectivity index (χ3n) is 2.49. The Balaban J connectivity index is 2.99. The van der Waals surface area contributed by atoms with Crippen LogP contribution in [0.3, 0.4) is 0 Å². The highest BCUT2D eigenvalue weighted by atomic mass is 16.2. The van der Waals surface area contributed by atoms with Crippen molar-refractivity contribution in [1.82, 2.24) is 0 Å². The van der Waals surface area contributed by atoms with Crippen LogP contribution in [0.1, 0.15) is 71.1 Å². The fraction of sp³-hybridized carbons (Fsp3) is 0.857. The summed E-state index contributed by atoms with van der Waals surface area (Å²) in [5, 5.41) is 8.59. The summed E-state index contributed by atoms with van der Waals surface area (Å²) in [5.41, 5.74) is 0. The van der Waals surface area contributed by atoms with Gasteiger partial charge in [-0.25, -0.2) is 0 Å². The average Bonchev–Trinajstić information content (AvgIpc) is 2.26. The molecule has 0 aliphatic carbocycles. The topological polar surface area (TPSA) is 20.2 Å². The molecule has 0 saturated carbocycles. The van der Waals surface area contributed by atoms with Gasteiger partial charge in [-0.1, -0.05) is 39.0 Å². The van der Waals surface area contributed by atoms with Gasteiger partial charge in [0.25, 0.3) is 0 Å². The van der Waals surface area contributed by atoms with E-state index >= 15 is 0 Å². The summed E-state index contributed by atoms with van der Waals surface area (Å²) in [6.07, 6.45) is 11.9. The molecule has 0 unspecified atom stereocenters. The molecular formula is C14H26O. The summed E-state index contributed by atoms with van der Waals surface area (Å²) in [7, 11) is 0. The summed E-state index contributed by atoms with van der Waals surface area (Å²) >= 11 is 0. The number of aliphatic hydroxyl groups excluding tert-OH is 1. The first kappa shape index (κ1) is 14.5. The Morgan fingerprint density at radius 3 is 1.87 bits per heavy atom. The lowest BCUT2D eigenvalue weighted by atomic mass is 10.1. The first-order valence-corrected chi connectivity index (χ1v) is 6.48. The number of aliphatic hydroxyl groups is 1. The van der Waals surface area contributed by atoms with E-state index in [0.717, 1.165) is 19.3 Å². The zero-order valence-electron chi connectivity index (χ0n) is 10.2. The van der Waals surface area contributed by atoms with Gasteiger partial charge in [0.2, 0.25) is 0 Å². The lowest BCUT2D eigenvalue weighted by molar-refractivity contribution is 0.282. The molecule has 0 atom stereocenters. The first-order valence-electron chi connectivity index (χ1n) is 6.48. The quantitative estimate of drug-likeness (QED) is 0.452. The van der Waals surface area contributed by atoms with Gasteiger partial charge in [-0.15, -0.1) is 11.8 Å². The molecule has 0 aromatic heterocycles. The second-order valence-corrected chi connectivity index (χ2v) is 4.05. The van der Waals surface area contributed by atoms with Gasteiger partial charge in [-0.2, -0.15) is 0 Å². The van der Waals surface area contributed by atoms with Gasteiger partial charge in [-0.3, -0.25) is 0 Å². The van der Waals surface area contributed by atoms with Gasteiger partial charge in [0.05, 0.1) is 0 Å². The van der Waals surface area contributed by atoms with Crippen LogP contribution >= 0.6 is 0 Å². The SMILES string of the molecule is CCCCC#CCCCCCCCCO. The largest absolute Gasteiger partial charge is 0.396 e. The van der Waals surface area contributed by atoms with E-state index in [9.17, 15) is 0 Å². The summed E-state index contributed by atoms with van der Waals surface area (Å²) in [4.78, 5) is 0. The van der Waals surface area contributed by atoms with Gasteiger partial charge in [0, 0.05) is 19.4 Å². The van der Waals surface area contributed by atoms with Crippen molar-refractivity contribution < 1.29 is 5.11 Å². The molecule has 1 N–H and O–H groups in total. The summed E-state index contributed by atoms with van der Waals surface area (Å²) in [6.45, 7) is 2.55. The molecule has 0 aromatic rings. The fourth-order valence-corrected chi connectivity index (χ4v) is 1.47. The van der Waals surface area contributed by atoms with Crippen molar-refractivity contribution in [3.63, 3.8) is 0 Å². The molecule has 0 bridgehead atoms. The smallest absolute Gasteiger partial charge is 0.0431 e. The molecule has 0 fully saturated rings. The molecule has 1 nitrogen and oxygen atoms in total. The van der Waals surface area contributed by atoms with Crippen LogP contribution in [0.15, 0.2) is 0 Å². The molecule has 0 aliphatic rings. The Morgan fingerprint density at radius 2 is 1.27 bits per heavy atom. The van der Waals surface area contributed by atoms with Crippen LogP contribution in [-0.4, -0.2) is 11.7 Å². The molecule has 1 heteroatoms. The van der Waals surface area contributed by atoms with E-state index in [1.807, 2.05) is 0 Å². The Bertz CT molecular complexity index is 164. The van der Waals surface area contributed by atoms with E-state index in [1.54, 1.807) is 0 Å². The van der Waals surface area contributed by atoms with E-state index in [0.29, 0.717) is 6.61 Å². The summed E-state index contributed by atoms with van der Waals surface area (Å²) in [6, 6.07) is 0. The highest BCUT2D eigenvalue weighted by Gasteiger charge is 1.89. The van der Waals surface area contributed by atoms with Crippen molar-refractivity contribution in [2.24, 2.45) is 0 Å². The number of unbranched alkanes of at least 4 members (excludes halogenated alkanes) is 8. The van der Waals surface area contributed by atoms with Crippen LogP contribution in [0.2, 0.25) is 0 Å². The Labute approximate surface area is 95.3 Å². The van der Waals surface area contributed by atoms with Gasteiger partial charge in [0.1, 0.15) is 0 Å². The minimum Gasteiger partial charge on any atom is -0.396 e. The van der Waals surface area contributed by atoms with Crippen molar-refractivity contribution in [1.29, 1.82) is 0 Å². The van der Waals surface area contributed by atoms with E-state index in [-0.39, 0.29) is 0 Å². The van der Waals surface area contributed by atoms with Crippen molar-refractivity contribution >= 4 is 0 Å². The highest BCUT2D eigenvalue weighted by molar-refractivity contribution is 4.98. The lowest BCUT2D eigenvalue weighted by Crippen LogP contribution is -1.83. The fourth-order valence-electron chi connectivity index (χ4n) is 1.47. The second kappa shape index (κ2) is 13.5. The summed E-state index contributed by atoms with van der Waals surface area (Å²) < 4.78 is 0. The van der Waals surface area contributed by atoms with Crippen LogP contribution < -0.4 is 0 Å². The molecule has 88 valence electrons. The maximum atomic E-state index is 8.59. The first-order chi connectivity index (χ1) is 7.41. The molecule has 0 heterocycles. The van der Waals surface area contributed by atoms with Crippen LogP contribution in [-0.2, 0) is 0 Å². The normalized spacial score (nSPS) is 9.73. The number of hydrogen-bond donors (Lipinski definition) is 1. The van der Waals surface area contributed by atoms with Gasteiger partial charge < -0.3 is 5.11 Å². The van der Waals surface area contributed by atoms with Gasteiger partial charge >= 0.3 is 0 Å². The van der Waals surface area contributed by atoms with Crippen molar-refractivity contribution in [3.8, 4) is 11.8 Å². The molecule has 0 radical (unpaired) electrons. The van der Waals surface area contributed by atoms with E-state index in [4.69, 9.17) is 5.11 Å². The third kappa shape index (κ3) is 13.5. The monoisotopic (exact) mass is 210 g/mol. The summed E-state index contributed by atoms with van der Waals surface area (Å²) in [5.74, 6) is 6.45. The molecule has 0 aliphatic heterocycles. The minimum absolute atomic E-state index is 0.350. The van der Waals surface area contributed by atoms with E-state index in [2.05, 4.69) is 18.8 Å². The van der Waals surface area contributed by atoms with Crippen molar-refractivity contribution in [2.45, 2.75) is 71.1 Å². The molecule has 0 rings (SSSR count). The number of hydrogen-bond acceptors (Lipinski definition) is 1. The average molecular weight is 210 g/mol. The lowest BCUT2D eigenvalue weighted by Gasteiger charge is -1.97. The van der Waals surface area contributed by atoms with Crippen molar-refractivity contribution in [2.75, 3.05) is 6.61 Å². The van der Waals surface area contributed by atoms with Crippen LogP contribution in [0.25, 0.3) is 0 Å². The standard InChI is InChI=1S/C14H26O/c1-2-3-4-5-6-7-8-9-10-11-12-13-14-15/h15H,2-4,7-14H2,1H3. The Kier molecular flexibility index (Phi) is 13.1. The molecule has 0 amide bonds. The Morgan fingerprint density at radius 1 is 0.733 bits per heavy atom. The van der Waals surface area contributed by atoms with E-state index < -0.39 is 0 Å². The van der Waals surface area contributed by atoms with Crippen molar-refractivity contribution in [3.05, 3.63) is 0 Å². The van der Waals surface area contributed by atoms with Crippen LogP contribution in [0, 0.1) is 11.8 Å². The minimum atomic E-state index is 0.350. The van der Waals surface area contributed by atoms with Crippen LogP contribution in [0.4, 0.5) is 0 Å². The Hall–Kier alpha value is -0.480. The molecule has 0 aromatic carbocycles. The molecule has 15 heavy (non-hydrogen) atoms. The van der Waals surface area contributed by atoms with Gasteiger partial charge in [-0.05, 0) is 19.3 Å². The zero-order valence-corrected chi connectivity index (χ0v) is 10.2. The highest BCUT2D eigenvalue weighted by Crippen LogP contribution is 2.06. The van der Waals surface area contributed by atoms with Crippen LogP contribution in [0.5, 0.6) is 0 Å². The predicted octanol–water partition coefficient (Wildman–Crippen LogP) is 3.90. The number of rotatable bonds is 9. The maximum absolute atomic E-state index is 8.59. The maximum Gasteiger partial charge on any atom is 0.0431 e. The zero-order chi connectivity index (χ0) is 11.2. The third-order valence-corrected chi connectivity index (χ3v) is 2.49. The second-order valence-electron chi connectivity index (χ2n) is 4.05. The van der Waals surface area contributed by atoms with Gasteiger partial charge in [0.15, 0.2) is 0 Å². The molecule has 0 spiro atoms. The van der Waals surface area contributed by atoms with E-state index in [1.165, 1.54) is 44.9 Å². The predicted molar refractivity (Wildman–Crippen MR) is 66.7 cm³/mol. The molecular weight excluding hydrogens is 184 g/mol. The molecule has 0 saturated heterocycles.